The Morgan fingerprint density at radius 1 is 0.260 bits per heavy atom. The lowest BCUT2D eigenvalue weighted by Gasteiger charge is -2.24. The lowest BCUT2D eigenvalue weighted by Crippen LogP contribution is -2.25. The van der Waals surface area contributed by atoms with Crippen molar-refractivity contribution in [1.82, 2.24) is 39.9 Å². The van der Waals surface area contributed by atoms with Crippen LogP contribution in [-0.4, -0.2) is 198 Å². The summed E-state index contributed by atoms with van der Waals surface area (Å²) in [5.74, 6) is -32.4. The van der Waals surface area contributed by atoms with Gasteiger partial charge in [-0.15, -0.1) is 0 Å². The predicted molar refractivity (Wildman–Crippen MR) is 334 cm³/mol. The Kier molecular flexibility index (Phi) is 25.2. The molecule has 5 aromatic carbocycles. The van der Waals surface area contributed by atoms with Crippen molar-refractivity contribution in [3.63, 3.8) is 0 Å². The van der Waals surface area contributed by atoms with Crippen LogP contribution in [0.1, 0.15) is 11.1 Å². The number of nitro groups is 1. The van der Waals surface area contributed by atoms with Crippen LogP contribution in [0.5, 0.6) is 69.0 Å². The summed E-state index contributed by atoms with van der Waals surface area (Å²) in [5, 5.41) is 5.32. The number of nitrogens with zero attached hydrogens (tertiary/aromatic N) is 7. The number of aromatic amines is 2. The summed E-state index contributed by atoms with van der Waals surface area (Å²) in [6.45, 7) is -37.3. The number of alkyl halides is 36. The maximum absolute atomic E-state index is 14.8. The molecule has 123 heavy (non-hydrogen) atoms. The van der Waals surface area contributed by atoms with E-state index >= 15 is 0 Å². The van der Waals surface area contributed by atoms with Gasteiger partial charge in [-0.1, -0.05) is 11.8 Å². The minimum absolute atomic E-state index is 0.150. The summed E-state index contributed by atoms with van der Waals surface area (Å²) in [6.07, 6.45) is -72.2. The molecular formula is C64H33F36N9O14. The highest BCUT2D eigenvalue weighted by molar-refractivity contribution is 6.15. The van der Waals surface area contributed by atoms with E-state index in [1.165, 1.54) is 0 Å². The predicted octanol–water partition coefficient (Wildman–Crippen LogP) is 19.5. The molecular weight excluding hydrogens is 1800 g/mol. The van der Waals surface area contributed by atoms with Gasteiger partial charge in [0.05, 0.1) is 37.9 Å². The van der Waals surface area contributed by atoms with Crippen LogP contribution in [0, 0.1) is 22.0 Å². The normalized spacial score (nSPS) is 13.3. The molecule has 0 spiro atoms. The third-order valence-corrected chi connectivity index (χ3v) is 14.6. The van der Waals surface area contributed by atoms with Gasteiger partial charge in [0.25, 0.3) is 5.69 Å². The summed E-state index contributed by atoms with van der Waals surface area (Å²) in [5.41, 5.74) is -16.1. The molecule has 0 unspecified atom stereocenters. The number of H-pyrrole nitrogens is 2. The van der Waals surface area contributed by atoms with Crippen molar-refractivity contribution in [3.05, 3.63) is 63.7 Å². The molecule has 8 aromatic rings. The van der Waals surface area contributed by atoms with Gasteiger partial charge in [-0.2, -0.15) is 158 Å². The van der Waals surface area contributed by atoms with E-state index in [4.69, 9.17) is 28.4 Å². The Bertz CT molecular complexity index is 5560. The van der Waals surface area contributed by atoms with Crippen molar-refractivity contribution in [2.75, 3.05) is 79.3 Å². The summed E-state index contributed by atoms with van der Waals surface area (Å²) in [7, 11) is 0. The van der Waals surface area contributed by atoms with Gasteiger partial charge in [0, 0.05) is 34.0 Å². The van der Waals surface area contributed by atoms with Crippen molar-refractivity contribution in [2.45, 2.75) is 74.1 Å². The van der Waals surface area contributed by atoms with Crippen LogP contribution in [-0.2, 0) is 0 Å². The Hall–Kier alpha value is -12.5. The number of rotatable bonds is 25. The van der Waals surface area contributed by atoms with Crippen LogP contribution < -0.4 is 56.8 Å². The van der Waals surface area contributed by atoms with Crippen LogP contribution in [0.25, 0.3) is 89.7 Å². The van der Waals surface area contributed by atoms with Crippen molar-refractivity contribution in [2.24, 2.45) is 0 Å². The molecule has 23 nitrogen and oxygen atoms in total. The zero-order valence-corrected chi connectivity index (χ0v) is 58.5. The van der Waals surface area contributed by atoms with Crippen molar-refractivity contribution in [1.29, 1.82) is 0 Å². The number of nitrogens with one attached hydrogen (secondary N) is 2. The summed E-state index contributed by atoms with van der Waals surface area (Å²) < 4.78 is 582. The van der Waals surface area contributed by atoms with E-state index in [9.17, 15) is 168 Å². The van der Waals surface area contributed by atoms with E-state index in [2.05, 4.69) is 75.1 Å². The average molecular weight is 1840 g/mol. The number of hydrogen-bond donors (Lipinski definition) is 2. The Labute approximate surface area is 652 Å². The van der Waals surface area contributed by atoms with E-state index in [0.29, 0.717) is 0 Å². The highest BCUT2D eigenvalue weighted by Gasteiger charge is 2.48. The molecule has 8 bridgehead atoms. The van der Waals surface area contributed by atoms with Gasteiger partial charge in [0.2, 0.25) is 34.5 Å². The van der Waals surface area contributed by atoms with Gasteiger partial charge in [-0.05, 0) is 30.3 Å². The largest absolute Gasteiger partial charge is 0.479 e. The Morgan fingerprint density at radius 2 is 0.463 bits per heavy atom. The first-order valence-corrected chi connectivity index (χ1v) is 32.0. The second-order valence-electron chi connectivity index (χ2n) is 24.5. The molecule has 10 rings (SSSR count). The number of ether oxygens (including phenoxy) is 12. The van der Waals surface area contributed by atoms with Crippen LogP contribution in [0.3, 0.4) is 0 Å². The van der Waals surface area contributed by atoms with Crippen molar-refractivity contribution >= 4 is 49.8 Å². The Morgan fingerprint density at radius 3 is 0.715 bits per heavy atom. The lowest BCUT2D eigenvalue weighted by molar-refractivity contribution is -0.384. The minimum Gasteiger partial charge on any atom is -0.479 e. The topological polar surface area (TPSA) is 263 Å². The summed E-state index contributed by atoms with van der Waals surface area (Å²) >= 11 is 0. The van der Waals surface area contributed by atoms with Crippen LogP contribution in [0.15, 0.2) is 42.5 Å². The van der Waals surface area contributed by atoms with Crippen LogP contribution >= 0.6 is 0 Å². The molecule has 0 amide bonds. The fraction of sp³-hybridized carbons (Fsp3) is 0.375. The smallest absolute Gasteiger partial charge is 0.422 e. The maximum Gasteiger partial charge on any atom is 0.422 e. The van der Waals surface area contributed by atoms with Gasteiger partial charge < -0.3 is 66.8 Å². The van der Waals surface area contributed by atoms with Crippen LogP contribution in [0.4, 0.5) is 164 Å². The molecule has 2 aliphatic heterocycles. The number of benzene rings is 5. The summed E-state index contributed by atoms with van der Waals surface area (Å²) in [4.78, 5) is 37.6. The quantitative estimate of drug-likeness (QED) is 0.0233. The molecule has 59 heteroatoms. The number of non-ortho nitro benzene ring substituents is 1. The van der Waals surface area contributed by atoms with Gasteiger partial charge >= 0.3 is 74.1 Å². The van der Waals surface area contributed by atoms with Gasteiger partial charge in [-0.25, -0.2) is 29.9 Å². The molecule has 0 aliphatic carbocycles. The monoisotopic (exact) mass is 1840 g/mol. The first kappa shape index (κ1) is 92.8. The molecule has 0 saturated heterocycles. The fourth-order valence-corrected chi connectivity index (χ4v) is 10.6. The molecule has 0 radical (unpaired) electrons. The first-order valence-electron chi connectivity index (χ1n) is 32.0. The summed E-state index contributed by atoms with van der Waals surface area (Å²) in [6, 6.07) is 6.02. The van der Waals surface area contributed by atoms with Gasteiger partial charge in [0.15, 0.2) is 137 Å². The molecule has 670 valence electrons. The average Bonchev–Trinajstić information content (AvgIpc) is 1.56. The standard InChI is InChI=1S/C64H33F36N9O14/c65-53(66,67)10-112-33-27-29(35(114-12-55(71,72)73)41(120-18-61(89,90)91)39(33)118-16-59(83,84)85)49-104-47(27)102-45-25-8-5-23(2-1-22-3-6-24(7-4-22)109(110)111)9-26(25)46(101-45)103-48-28-30(36(115-13-56(74,75)76)42(121-19-62(92,93)94)40(119-17-60(86,87)88)34(28)113-11-54(68,69)70)50(105-48)107-52-32-31(51(106-49)108-52)37(116-14-57(77,78)79)43(122-20-63(95,96)97)44(123-21-64(98,99)100)38(32)117-15-58(80,81)82/h3-9H,10-21H2,(H2,101,102,103,104,105,106,107,108). The van der Waals surface area contributed by atoms with Crippen molar-refractivity contribution < 1.29 is 220 Å². The minimum atomic E-state index is -6.11. The zero-order valence-electron chi connectivity index (χ0n) is 58.5. The van der Waals surface area contributed by atoms with E-state index in [1.807, 2.05) is 0 Å². The van der Waals surface area contributed by atoms with Gasteiger partial charge in [0.1, 0.15) is 22.6 Å². The van der Waals surface area contributed by atoms with Crippen LogP contribution in [0.2, 0.25) is 0 Å². The third kappa shape index (κ3) is 24.4. The molecule has 3 aromatic heterocycles. The Balaban J connectivity index is 1.62. The molecule has 0 fully saturated rings. The second-order valence-corrected chi connectivity index (χ2v) is 24.5. The number of nitro benzene ring substituents is 1. The lowest BCUT2D eigenvalue weighted by atomic mass is 10.0. The van der Waals surface area contributed by atoms with E-state index in [0.717, 1.165) is 42.5 Å². The molecule has 0 atom stereocenters. The van der Waals surface area contributed by atoms with E-state index in [-0.39, 0.29) is 5.56 Å². The third-order valence-electron chi connectivity index (χ3n) is 14.6. The number of hydrogen-bond acceptors (Lipinski definition) is 20. The maximum atomic E-state index is 14.8. The molecule has 0 saturated carbocycles. The SMILES string of the molecule is O=[N+]([O-])c1ccc(C#Cc2ccc3c4nc5nc(nc6[nH]c(nc7nc(nc([nH]4)c3c2)-c2c(OCC(F)(F)F)c(OCC(F)(F)F)c(OCC(F)(F)F)c(OCC(F)(F)F)c2-7)c2c(OCC(F)(F)F)c(OCC(F)(F)F)c(OCC(F)(F)F)c(OCC(F)(F)F)c62)-c2c(OCC(F)(F)F)c(OCC(F)(F)F)c(OCC(F)(F)F)c(OCC(F)(F)F)c2-5)cc1. The fourth-order valence-electron chi connectivity index (χ4n) is 10.6. The highest BCUT2D eigenvalue weighted by Crippen LogP contribution is 2.63. The van der Waals surface area contributed by atoms with E-state index < -0.39 is 328 Å². The number of aromatic nitrogens is 8. The second kappa shape index (κ2) is 33.4. The van der Waals surface area contributed by atoms with Crippen molar-refractivity contribution in [3.8, 4) is 126 Å². The number of fused-ring (bicyclic) bond motifs is 20. The zero-order chi connectivity index (χ0) is 91.5. The molecule has 2 N–H and O–H groups in total. The number of halogens is 36. The highest BCUT2D eigenvalue weighted by atomic mass is 19.5. The molecule has 5 heterocycles. The van der Waals surface area contributed by atoms with E-state index in [1.54, 1.807) is 4.98 Å². The molecule has 2 aliphatic rings. The first-order chi connectivity index (χ1) is 56.2. The van der Waals surface area contributed by atoms with Gasteiger partial charge in [-0.3, -0.25) is 10.1 Å².